The lowest BCUT2D eigenvalue weighted by molar-refractivity contribution is 0.0490. The summed E-state index contributed by atoms with van der Waals surface area (Å²) in [7, 11) is 1.23. The summed E-state index contributed by atoms with van der Waals surface area (Å²) in [6, 6.07) is 5.37. The van der Waals surface area contributed by atoms with Crippen molar-refractivity contribution >= 4 is 45.4 Å². The lowest BCUT2D eigenvalue weighted by Crippen LogP contribution is -2.11. The molecule has 0 N–H and O–H groups in total. The van der Waals surface area contributed by atoms with E-state index in [9.17, 15) is 14.4 Å². The van der Waals surface area contributed by atoms with Crippen LogP contribution in [0.15, 0.2) is 33.5 Å². The summed E-state index contributed by atoms with van der Waals surface area (Å²) < 4.78 is 14.9. The van der Waals surface area contributed by atoms with Crippen LogP contribution in [-0.2, 0) is 9.47 Å². The molecule has 2 aromatic heterocycles. The number of carbonyl (C=O) groups is 2. The molecule has 0 aliphatic rings. The van der Waals surface area contributed by atoms with Crippen molar-refractivity contribution in [3.63, 3.8) is 0 Å². The van der Waals surface area contributed by atoms with E-state index in [1.165, 1.54) is 25.3 Å². The molecule has 0 aliphatic heterocycles. The SMILES string of the molecule is CCOC(=O)c1cc(=O)c2c(ccc3nc(C(=O)OC)cc(Cl)c32)o1. The molecule has 0 unspecified atom stereocenters. The van der Waals surface area contributed by atoms with Gasteiger partial charge in [0.25, 0.3) is 0 Å². The Labute approximate surface area is 146 Å². The van der Waals surface area contributed by atoms with E-state index in [4.69, 9.17) is 20.8 Å². The Morgan fingerprint density at radius 1 is 1.20 bits per heavy atom. The van der Waals surface area contributed by atoms with E-state index < -0.39 is 17.4 Å². The number of carbonyl (C=O) groups excluding carboxylic acids is 2. The van der Waals surface area contributed by atoms with Gasteiger partial charge >= 0.3 is 11.9 Å². The summed E-state index contributed by atoms with van der Waals surface area (Å²) in [6.45, 7) is 1.80. The van der Waals surface area contributed by atoms with Gasteiger partial charge in [-0.05, 0) is 25.1 Å². The quantitative estimate of drug-likeness (QED) is 0.522. The Morgan fingerprint density at radius 3 is 2.64 bits per heavy atom. The molecule has 0 fully saturated rings. The molecular formula is C17H12ClNO6. The first-order valence-corrected chi connectivity index (χ1v) is 7.66. The summed E-state index contributed by atoms with van der Waals surface area (Å²) in [5.41, 5.74) is 0.0467. The fourth-order valence-corrected chi connectivity index (χ4v) is 2.74. The van der Waals surface area contributed by atoms with Gasteiger partial charge in [-0.3, -0.25) is 4.79 Å². The molecule has 128 valence electrons. The molecule has 0 saturated carbocycles. The van der Waals surface area contributed by atoms with E-state index in [-0.39, 0.29) is 34.1 Å². The molecular weight excluding hydrogens is 350 g/mol. The zero-order valence-corrected chi connectivity index (χ0v) is 14.0. The standard InChI is InChI=1S/C17H12ClNO6/c1-3-24-17(22)13-7-11(20)15-12(25-13)5-4-9-14(15)8(18)6-10(19-9)16(21)23-2/h4-7H,3H2,1-2H3. The number of esters is 2. The molecule has 2 heterocycles. The van der Waals surface area contributed by atoms with Gasteiger partial charge in [-0.15, -0.1) is 0 Å². The number of nitrogens with zero attached hydrogens (tertiary/aromatic N) is 1. The number of methoxy groups -OCH3 is 1. The maximum atomic E-state index is 12.5. The zero-order valence-electron chi connectivity index (χ0n) is 13.3. The van der Waals surface area contributed by atoms with Crippen molar-refractivity contribution in [2.45, 2.75) is 6.92 Å². The first-order valence-electron chi connectivity index (χ1n) is 7.28. The van der Waals surface area contributed by atoms with Gasteiger partial charge in [0.1, 0.15) is 5.58 Å². The highest BCUT2D eigenvalue weighted by molar-refractivity contribution is 6.37. The molecule has 3 aromatic rings. The highest BCUT2D eigenvalue weighted by Gasteiger charge is 2.18. The molecule has 0 radical (unpaired) electrons. The largest absolute Gasteiger partial charge is 0.464 e. The average molecular weight is 362 g/mol. The number of fused-ring (bicyclic) bond motifs is 3. The van der Waals surface area contributed by atoms with Crippen molar-refractivity contribution in [1.29, 1.82) is 0 Å². The molecule has 25 heavy (non-hydrogen) atoms. The molecule has 3 rings (SSSR count). The molecule has 0 saturated heterocycles. The maximum absolute atomic E-state index is 12.5. The number of pyridine rings is 1. The van der Waals surface area contributed by atoms with Crippen molar-refractivity contribution in [2.24, 2.45) is 0 Å². The minimum atomic E-state index is -0.730. The van der Waals surface area contributed by atoms with Gasteiger partial charge in [-0.1, -0.05) is 11.6 Å². The summed E-state index contributed by atoms with van der Waals surface area (Å²) in [5, 5.41) is 0.641. The Kier molecular flexibility index (Phi) is 4.41. The van der Waals surface area contributed by atoms with Crippen molar-refractivity contribution in [3.8, 4) is 0 Å². The van der Waals surface area contributed by atoms with Crippen LogP contribution in [-0.4, -0.2) is 30.6 Å². The molecule has 0 spiro atoms. The maximum Gasteiger partial charge on any atom is 0.374 e. The Bertz CT molecular complexity index is 1070. The molecule has 0 amide bonds. The van der Waals surface area contributed by atoms with E-state index in [0.717, 1.165) is 6.07 Å². The van der Waals surface area contributed by atoms with Crippen LogP contribution in [0, 0.1) is 0 Å². The Hall–Kier alpha value is -2.93. The topological polar surface area (TPSA) is 95.7 Å². The van der Waals surface area contributed by atoms with Crippen LogP contribution in [0.1, 0.15) is 28.0 Å². The van der Waals surface area contributed by atoms with Gasteiger partial charge in [0.15, 0.2) is 11.1 Å². The third kappa shape index (κ3) is 2.94. The fourth-order valence-electron chi connectivity index (χ4n) is 2.44. The van der Waals surface area contributed by atoms with Crippen molar-refractivity contribution < 1.29 is 23.5 Å². The molecule has 0 atom stereocenters. The fraction of sp³-hybridized carbons (Fsp3) is 0.176. The van der Waals surface area contributed by atoms with E-state index >= 15 is 0 Å². The molecule has 1 aromatic carbocycles. The highest BCUT2D eigenvalue weighted by atomic mass is 35.5. The van der Waals surface area contributed by atoms with Crippen LogP contribution in [0.5, 0.6) is 0 Å². The third-order valence-corrected chi connectivity index (χ3v) is 3.79. The van der Waals surface area contributed by atoms with Gasteiger partial charge < -0.3 is 13.9 Å². The first kappa shape index (κ1) is 16.9. The van der Waals surface area contributed by atoms with E-state index in [1.807, 2.05) is 0 Å². The number of hydrogen-bond acceptors (Lipinski definition) is 7. The summed E-state index contributed by atoms with van der Waals surface area (Å²) in [4.78, 5) is 40.1. The van der Waals surface area contributed by atoms with Gasteiger partial charge in [-0.2, -0.15) is 0 Å². The van der Waals surface area contributed by atoms with Crippen molar-refractivity contribution in [3.05, 3.63) is 51.0 Å². The summed E-state index contributed by atoms with van der Waals surface area (Å²) >= 11 is 6.25. The van der Waals surface area contributed by atoms with E-state index in [2.05, 4.69) is 9.72 Å². The number of benzene rings is 1. The average Bonchev–Trinajstić information content (AvgIpc) is 2.60. The predicted molar refractivity (Wildman–Crippen MR) is 90.1 cm³/mol. The van der Waals surface area contributed by atoms with Crippen LogP contribution in [0.25, 0.3) is 21.9 Å². The predicted octanol–water partition coefficient (Wildman–Crippen LogP) is 2.96. The lowest BCUT2D eigenvalue weighted by Gasteiger charge is -2.08. The monoisotopic (exact) mass is 361 g/mol. The Balaban J connectivity index is 2.30. The van der Waals surface area contributed by atoms with Gasteiger partial charge in [0, 0.05) is 11.5 Å². The lowest BCUT2D eigenvalue weighted by atomic mass is 10.1. The second kappa shape index (κ2) is 6.52. The highest BCUT2D eigenvalue weighted by Crippen LogP contribution is 2.29. The number of ether oxygens (including phenoxy) is 2. The van der Waals surface area contributed by atoms with Crippen LogP contribution in [0.4, 0.5) is 0 Å². The van der Waals surface area contributed by atoms with Crippen molar-refractivity contribution in [2.75, 3.05) is 13.7 Å². The number of halogens is 1. The number of aromatic nitrogens is 1. The number of rotatable bonds is 3. The Morgan fingerprint density at radius 2 is 1.96 bits per heavy atom. The molecule has 7 nitrogen and oxygen atoms in total. The van der Waals surface area contributed by atoms with E-state index in [0.29, 0.717) is 10.9 Å². The first-order chi connectivity index (χ1) is 12.0. The second-order valence-electron chi connectivity index (χ2n) is 5.01. The van der Waals surface area contributed by atoms with Crippen LogP contribution < -0.4 is 5.43 Å². The minimum absolute atomic E-state index is 0.0203. The van der Waals surface area contributed by atoms with Crippen LogP contribution in [0.3, 0.4) is 0 Å². The molecule has 0 aliphatic carbocycles. The minimum Gasteiger partial charge on any atom is -0.464 e. The normalized spacial score (nSPS) is 10.8. The van der Waals surface area contributed by atoms with Gasteiger partial charge in [0.2, 0.25) is 5.76 Å². The van der Waals surface area contributed by atoms with Gasteiger partial charge in [-0.25, -0.2) is 14.6 Å². The smallest absolute Gasteiger partial charge is 0.374 e. The van der Waals surface area contributed by atoms with Gasteiger partial charge in [0.05, 0.1) is 29.6 Å². The third-order valence-electron chi connectivity index (χ3n) is 3.49. The van der Waals surface area contributed by atoms with E-state index in [1.54, 1.807) is 6.92 Å². The summed E-state index contributed by atoms with van der Waals surface area (Å²) in [5.74, 6) is -1.57. The van der Waals surface area contributed by atoms with Crippen LogP contribution >= 0.6 is 11.6 Å². The zero-order chi connectivity index (χ0) is 18.1. The summed E-state index contributed by atoms with van der Waals surface area (Å²) in [6.07, 6.45) is 0. The van der Waals surface area contributed by atoms with Crippen LogP contribution in [0.2, 0.25) is 5.02 Å². The van der Waals surface area contributed by atoms with Crippen molar-refractivity contribution in [1.82, 2.24) is 4.98 Å². The molecule has 8 heteroatoms. The second-order valence-corrected chi connectivity index (χ2v) is 5.42. The molecule has 0 bridgehead atoms. The number of hydrogen-bond donors (Lipinski definition) is 0.